The fourth-order valence-electron chi connectivity index (χ4n) is 0.950. The molecule has 0 radical (unpaired) electrons. The smallest absolute Gasteiger partial charge is 0.437 e. The molecule has 114 valence electrons. The first-order chi connectivity index (χ1) is 10.3. The highest BCUT2D eigenvalue weighted by molar-refractivity contribution is 6.01. The van der Waals surface area contributed by atoms with Crippen molar-refractivity contribution < 1.29 is 28.3 Å². The van der Waals surface area contributed by atoms with Crippen LogP contribution in [0.4, 0.5) is 4.79 Å². The molecule has 2 amide bonds. The number of guanidine groups is 1. The van der Waals surface area contributed by atoms with Crippen LogP contribution in [0.15, 0.2) is 4.99 Å². The molecule has 0 atom stereocenters. The van der Waals surface area contributed by atoms with Crippen LogP contribution in [0.1, 0.15) is 38.2 Å². The maximum absolute atomic E-state index is 11.7. The van der Waals surface area contributed by atoms with Crippen molar-refractivity contribution in [3.05, 3.63) is 0 Å². The lowest BCUT2D eigenvalue weighted by Crippen LogP contribution is -2.44. The normalized spacial score (nSPS) is 14.6. The highest BCUT2D eigenvalue weighted by Gasteiger charge is 2.19. The summed E-state index contributed by atoms with van der Waals surface area (Å²) in [5, 5.41) is 10.9. The number of hydrogen-bond donors (Lipinski definition) is 2. The SMILES string of the molecule is [2H]C([2H])([2H])N(CC(=O)O)/C(=N\C(=O)OC(C)(C)C)NC(=O)CC. The van der Waals surface area contributed by atoms with E-state index in [2.05, 4.69) is 10.3 Å². The second kappa shape index (κ2) is 7.46. The van der Waals surface area contributed by atoms with Crippen LogP contribution in [0.2, 0.25) is 0 Å². The van der Waals surface area contributed by atoms with E-state index in [9.17, 15) is 14.4 Å². The first kappa shape index (κ1) is 12.9. The van der Waals surface area contributed by atoms with Gasteiger partial charge >= 0.3 is 12.1 Å². The van der Waals surface area contributed by atoms with Gasteiger partial charge in [-0.3, -0.25) is 14.9 Å². The number of hydrogen-bond acceptors (Lipinski definition) is 4. The number of carboxylic acids is 1. The Bertz CT molecular complexity index is 497. The number of carbonyl (C=O) groups excluding carboxylic acids is 2. The molecule has 0 fully saturated rings. The Morgan fingerprint density at radius 1 is 1.40 bits per heavy atom. The summed E-state index contributed by atoms with van der Waals surface area (Å²) >= 11 is 0. The molecule has 0 saturated heterocycles. The van der Waals surface area contributed by atoms with Crippen LogP contribution in [0.3, 0.4) is 0 Å². The highest BCUT2D eigenvalue weighted by Crippen LogP contribution is 2.08. The van der Waals surface area contributed by atoms with Gasteiger partial charge in [0.15, 0.2) is 0 Å². The van der Waals surface area contributed by atoms with Gasteiger partial charge in [-0.05, 0) is 20.8 Å². The van der Waals surface area contributed by atoms with E-state index in [-0.39, 0.29) is 6.42 Å². The fraction of sp³-hybridized carbons (Fsp3) is 0.667. The number of ether oxygens (including phenoxy) is 1. The molecule has 0 aliphatic carbocycles. The van der Waals surface area contributed by atoms with Crippen molar-refractivity contribution in [2.24, 2.45) is 4.99 Å². The molecule has 0 aromatic heterocycles. The Morgan fingerprint density at radius 3 is 2.40 bits per heavy atom. The Balaban J connectivity index is 5.67. The number of aliphatic carboxylic acids is 1. The van der Waals surface area contributed by atoms with E-state index in [1.54, 1.807) is 20.8 Å². The van der Waals surface area contributed by atoms with Gasteiger partial charge in [0, 0.05) is 17.5 Å². The maximum atomic E-state index is 11.7. The van der Waals surface area contributed by atoms with Crippen molar-refractivity contribution in [1.82, 2.24) is 10.2 Å². The largest absolute Gasteiger partial charge is 0.480 e. The Kier molecular flexibility index (Phi) is 4.81. The van der Waals surface area contributed by atoms with E-state index in [4.69, 9.17) is 14.0 Å². The van der Waals surface area contributed by atoms with Crippen molar-refractivity contribution >= 4 is 23.9 Å². The van der Waals surface area contributed by atoms with Gasteiger partial charge < -0.3 is 14.7 Å². The topological polar surface area (TPSA) is 108 Å². The molecule has 20 heavy (non-hydrogen) atoms. The number of carbonyl (C=O) groups is 3. The molecule has 0 aromatic rings. The molecule has 8 heteroatoms. The van der Waals surface area contributed by atoms with Crippen LogP contribution in [0.5, 0.6) is 0 Å². The number of carboxylic acid groups (broad SMARTS) is 1. The van der Waals surface area contributed by atoms with Gasteiger partial charge in [-0.25, -0.2) is 4.79 Å². The second-order valence-electron chi connectivity index (χ2n) is 4.80. The molecule has 0 aliphatic heterocycles. The number of nitrogens with one attached hydrogen (secondary N) is 1. The second-order valence-corrected chi connectivity index (χ2v) is 4.80. The Labute approximate surface area is 122 Å². The predicted octanol–water partition coefficient (Wildman–Crippen LogP) is 0.820. The molecule has 0 rings (SSSR count). The molecule has 8 nitrogen and oxygen atoms in total. The van der Waals surface area contributed by atoms with Crippen molar-refractivity contribution in [2.75, 3.05) is 13.5 Å². The lowest BCUT2D eigenvalue weighted by atomic mass is 10.2. The summed E-state index contributed by atoms with van der Waals surface area (Å²) in [5.74, 6) is -2.80. The molecule has 0 aromatic carbocycles. The van der Waals surface area contributed by atoms with E-state index in [0.29, 0.717) is 4.90 Å². The van der Waals surface area contributed by atoms with E-state index in [0.717, 1.165) is 0 Å². The van der Waals surface area contributed by atoms with Crippen molar-refractivity contribution in [3.8, 4) is 0 Å². The van der Waals surface area contributed by atoms with Crippen LogP contribution in [0.25, 0.3) is 0 Å². The van der Waals surface area contributed by atoms with Crippen molar-refractivity contribution in [1.29, 1.82) is 0 Å². The lowest BCUT2D eigenvalue weighted by molar-refractivity contribution is -0.137. The molecule has 0 unspecified atom stereocenters. The van der Waals surface area contributed by atoms with Gasteiger partial charge in [-0.2, -0.15) is 0 Å². The lowest BCUT2D eigenvalue weighted by Gasteiger charge is -2.21. The van der Waals surface area contributed by atoms with E-state index in [1.165, 1.54) is 6.92 Å². The summed E-state index contributed by atoms with van der Waals surface area (Å²) in [6.45, 7) is 2.30. The summed E-state index contributed by atoms with van der Waals surface area (Å²) in [5.41, 5.74) is -0.891. The zero-order valence-electron chi connectivity index (χ0n) is 14.9. The van der Waals surface area contributed by atoms with Crippen LogP contribution >= 0.6 is 0 Å². The molecular weight excluding hydrogens is 266 g/mol. The quantitative estimate of drug-likeness (QED) is 0.588. The first-order valence-electron chi connectivity index (χ1n) is 7.37. The van der Waals surface area contributed by atoms with Crippen LogP contribution in [-0.4, -0.2) is 53.1 Å². The van der Waals surface area contributed by atoms with Gasteiger partial charge in [-0.1, -0.05) is 6.92 Å². The molecular formula is C12H21N3O5. The zero-order valence-corrected chi connectivity index (χ0v) is 11.9. The van der Waals surface area contributed by atoms with Crippen LogP contribution in [0, 0.1) is 0 Å². The van der Waals surface area contributed by atoms with Crippen LogP contribution < -0.4 is 5.32 Å². The standard InChI is InChI=1S/C12H21N3O5/c1-6-8(16)13-10(15(5)7-9(17)18)14-11(19)20-12(2,3)4/h6-7H2,1-5H3,(H,17,18)(H,13,14,16,19)/i5D3. The average Bonchev–Trinajstić information content (AvgIpc) is 2.31. The molecule has 0 spiro atoms. The minimum Gasteiger partial charge on any atom is -0.480 e. The number of aliphatic imine (C=N–C) groups is 1. The fourth-order valence-corrected chi connectivity index (χ4v) is 0.950. The Hall–Kier alpha value is -2.12. The van der Waals surface area contributed by atoms with Gasteiger partial charge in [0.1, 0.15) is 12.1 Å². The number of rotatable bonds is 3. The van der Waals surface area contributed by atoms with Crippen molar-refractivity contribution in [2.45, 2.75) is 39.7 Å². The highest BCUT2D eigenvalue weighted by atomic mass is 16.6. The van der Waals surface area contributed by atoms with Gasteiger partial charge in [0.05, 0.1) is 0 Å². The van der Waals surface area contributed by atoms with E-state index < -0.39 is 43.1 Å². The summed E-state index contributed by atoms with van der Waals surface area (Å²) in [4.78, 5) is 37.8. The molecule has 0 aliphatic rings. The number of amides is 2. The molecule has 2 N–H and O–H groups in total. The molecule has 0 heterocycles. The molecule has 0 bridgehead atoms. The number of likely N-dealkylation sites (N-methyl/N-ethyl adjacent to an activating group) is 1. The summed E-state index contributed by atoms with van der Waals surface area (Å²) < 4.78 is 27.0. The number of nitrogens with zero attached hydrogens (tertiary/aromatic N) is 2. The average molecular weight is 290 g/mol. The third-order valence-corrected chi connectivity index (χ3v) is 1.71. The van der Waals surface area contributed by atoms with Crippen molar-refractivity contribution in [3.63, 3.8) is 0 Å². The third kappa shape index (κ3) is 8.06. The van der Waals surface area contributed by atoms with Gasteiger partial charge in [-0.15, -0.1) is 4.99 Å². The zero-order chi connectivity index (χ0) is 18.4. The Morgan fingerprint density at radius 2 is 2.00 bits per heavy atom. The van der Waals surface area contributed by atoms with Crippen LogP contribution in [-0.2, 0) is 14.3 Å². The minimum absolute atomic E-state index is 0.0186. The monoisotopic (exact) mass is 290 g/mol. The minimum atomic E-state index is -2.93. The van der Waals surface area contributed by atoms with E-state index in [1.807, 2.05) is 0 Å². The van der Waals surface area contributed by atoms with E-state index >= 15 is 0 Å². The summed E-state index contributed by atoms with van der Waals surface area (Å²) in [6.07, 6.45) is -1.17. The molecule has 0 saturated carbocycles. The third-order valence-electron chi connectivity index (χ3n) is 1.71. The van der Waals surface area contributed by atoms with Gasteiger partial charge in [0.2, 0.25) is 11.9 Å². The first-order valence-corrected chi connectivity index (χ1v) is 5.87. The summed E-state index contributed by atoms with van der Waals surface area (Å²) in [7, 11) is 0. The van der Waals surface area contributed by atoms with Gasteiger partial charge in [0.25, 0.3) is 0 Å². The maximum Gasteiger partial charge on any atom is 0.437 e. The summed E-state index contributed by atoms with van der Waals surface area (Å²) in [6, 6.07) is 0. The predicted molar refractivity (Wildman–Crippen MR) is 72.4 cm³/mol.